The highest BCUT2D eigenvalue weighted by Crippen LogP contribution is 2.45. The highest BCUT2D eigenvalue weighted by atomic mass is 19.4. The van der Waals surface area contributed by atoms with Gasteiger partial charge in [-0.25, -0.2) is 0 Å². The summed E-state index contributed by atoms with van der Waals surface area (Å²) in [4.78, 5) is 0. The van der Waals surface area contributed by atoms with Gasteiger partial charge in [0.05, 0.1) is 5.71 Å². The van der Waals surface area contributed by atoms with E-state index in [1.54, 1.807) is 0 Å². The van der Waals surface area contributed by atoms with Crippen molar-refractivity contribution in [3.63, 3.8) is 0 Å². The quantitative estimate of drug-likeness (QED) is 0.390. The van der Waals surface area contributed by atoms with Gasteiger partial charge in [0.2, 0.25) is 0 Å². The standard InChI is InChI=1S/C11H10F6N2O/c12-10(13,14)9(20,11(15,16)17)6-8(19-18)7-4-2-1-3-5-7/h1-5,20H,6,18H2/b19-8+. The minimum Gasteiger partial charge on any atom is -0.373 e. The molecule has 0 bridgehead atoms. The molecule has 0 saturated carbocycles. The molecule has 0 atom stereocenters. The second-order valence-corrected chi connectivity index (χ2v) is 3.97. The Balaban J connectivity index is 3.21. The van der Waals surface area contributed by atoms with Gasteiger partial charge in [0.1, 0.15) is 0 Å². The summed E-state index contributed by atoms with van der Waals surface area (Å²) in [5.74, 6) is 4.84. The lowest BCUT2D eigenvalue weighted by molar-refractivity contribution is -0.365. The maximum absolute atomic E-state index is 12.5. The van der Waals surface area contributed by atoms with Crippen molar-refractivity contribution in [2.75, 3.05) is 0 Å². The molecular formula is C11H10F6N2O. The maximum Gasteiger partial charge on any atom is 0.426 e. The molecule has 3 N–H and O–H groups in total. The molecule has 9 heteroatoms. The van der Waals surface area contributed by atoms with Gasteiger partial charge in [-0.1, -0.05) is 30.3 Å². The number of hydrazone groups is 1. The minimum atomic E-state index is -5.91. The van der Waals surface area contributed by atoms with Gasteiger partial charge < -0.3 is 10.9 Å². The summed E-state index contributed by atoms with van der Waals surface area (Å²) in [5, 5.41) is 12.0. The Hall–Kier alpha value is -1.77. The third kappa shape index (κ3) is 3.03. The Morgan fingerprint density at radius 1 is 1.00 bits per heavy atom. The summed E-state index contributed by atoms with van der Waals surface area (Å²) in [6, 6.07) is 6.76. The van der Waals surface area contributed by atoms with Gasteiger partial charge in [0.25, 0.3) is 5.60 Å². The van der Waals surface area contributed by atoms with Gasteiger partial charge >= 0.3 is 12.4 Å². The Labute approximate surface area is 109 Å². The molecule has 0 fully saturated rings. The molecular weight excluding hydrogens is 290 g/mol. The van der Waals surface area contributed by atoms with Crippen molar-refractivity contribution in [3.8, 4) is 0 Å². The highest BCUT2D eigenvalue weighted by molar-refractivity contribution is 6.01. The second kappa shape index (κ2) is 5.31. The number of alkyl halides is 6. The minimum absolute atomic E-state index is 0.0399. The molecule has 112 valence electrons. The number of benzene rings is 1. The number of aliphatic hydroxyl groups is 1. The maximum atomic E-state index is 12.5. The van der Waals surface area contributed by atoms with Crippen LogP contribution in [0.3, 0.4) is 0 Å². The molecule has 0 saturated heterocycles. The van der Waals surface area contributed by atoms with Crippen molar-refractivity contribution in [3.05, 3.63) is 35.9 Å². The van der Waals surface area contributed by atoms with Crippen molar-refractivity contribution in [2.24, 2.45) is 10.9 Å². The molecule has 3 nitrogen and oxygen atoms in total. The molecule has 0 unspecified atom stereocenters. The Morgan fingerprint density at radius 2 is 1.45 bits per heavy atom. The van der Waals surface area contributed by atoms with E-state index >= 15 is 0 Å². The van der Waals surface area contributed by atoms with Gasteiger partial charge in [-0.2, -0.15) is 31.4 Å². The molecule has 0 radical (unpaired) electrons. The smallest absolute Gasteiger partial charge is 0.373 e. The number of hydrogen-bond donors (Lipinski definition) is 2. The van der Waals surface area contributed by atoms with Crippen LogP contribution in [0.25, 0.3) is 0 Å². The van der Waals surface area contributed by atoms with Crippen LogP contribution >= 0.6 is 0 Å². The average Bonchev–Trinajstić information content (AvgIpc) is 2.34. The fraction of sp³-hybridized carbons (Fsp3) is 0.364. The van der Waals surface area contributed by atoms with Crippen molar-refractivity contribution >= 4 is 5.71 Å². The zero-order valence-electron chi connectivity index (χ0n) is 9.83. The molecule has 0 spiro atoms. The number of hydrogen-bond acceptors (Lipinski definition) is 3. The topological polar surface area (TPSA) is 58.6 Å². The van der Waals surface area contributed by atoms with E-state index in [0.717, 1.165) is 0 Å². The number of nitrogens with zero attached hydrogens (tertiary/aromatic N) is 1. The second-order valence-electron chi connectivity index (χ2n) is 3.97. The predicted octanol–water partition coefficient (Wildman–Crippen LogP) is 2.60. The van der Waals surface area contributed by atoms with Crippen LogP contribution in [0.2, 0.25) is 0 Å². The Kier molecular flexibility index (Phi) is 4.33. The van der Waals surface area contributed by atoms with Crippen LogP contribution in [0.4, 0.5) is 26.3 Å². The van der Waals surface area contributed by atoms with E-state index < -0.39 is 30.1 Å². The van der Waals surface area contributed by atoms with Crippen molar-refractivity contribution < 1.29 is 31.4 Å². The fourth-order valence-corrected chi connectivity index (χ4v) is 1.46. The molecule has 0 amide bonds. The first-order valence-corrected chi connectivity index (χ1v) is 5.21. The van der Waals surface area contributed by atoms with Crippen LogP contribution in [0.5, 0.6) is 0 Å². The normalized spacial score (nSPS) is 14.4. The molecule has 20 heavy (non-hydrogen) atoms. The average molecular weight is 300 g/mol. The third-order valence-electron chi connectivity index (χ3n) is 2.62. The molecule has 1 rings (SSSR count). The fourth-order valence-electron chi connectivity index (χ4n) is 1.46. The number of halogens is 6. The summed E-state index contributed by atoms with van der Waals surface area (Å²) >= 11 is 0. The zero-order valence-corrected chi connectivity index (χ0v) is 9.83. The van der Waals surface area contributed by atoms with Crippen LogP contribution in [0, 0.1) is 0 Å². The predicted molar refractivity (Wildman–Crippen MR) is 58.8 cm³/mol. The van der Waals surface area contributed by atoms with Crippen LogP contribution < -0.4 is 5.84 Å². The highest BCUT2D eigenvalue weighted by Gasteiger charge is 2.70. The van der Waals surface area contributed by atoms with E-state index in [9.17, 15) is 26.3 Å². The molecule has 0 aliphatic rings. The largest absolute Gasteiger partial charge is 0.426 e. The number of rotatable bonds is 3. The summed E-state index contributed by atoms with van der Waals surface area (Å²) < 4.78 is 75.3. The van der Waals surface area contributed by atoms with E-state index in [4.69, 9.17) is 10.9 Å². The summed E-state index contributed by atoms with van der Waals surface area (Å²) in [6.45, 7) is 0. The van der Waals surface area contributed by atoms with E-state index in [0.29, 0.717) is 0 Å². The third-order valence-corrected chi connectivity index (χ3v) is 2.62. The molecule has 0 heterocycles. The van der Waals surface area contributed by atoms with Gasteiger partial charge in [-0.05, 0) is 5.56 Å². The van der Waals surface area contributed by atoms with Gasteiger partial charge in [0.15, 0.2) is 0 Å². The lowest BCUT2D eigenvalue weighted by Crippen LogP contribution is -2.58. The Morgan fingerprint density at radius 3 is 1.80 bits per heavy atom. The first kappa shape index (κ1) is 16.3. The molecule has 0 aliphatic carbocycles. The first-order chi connectivity index (χ1) is 9.03. The van der Waals surface area contributed by atoms with Gasteiger partial charge in [-0.15, -0.1) is 0 Å². The van der Waals surface area contributed by atoms with Crippen molar-refractivity contribution in [1.82, 2.24) is 0 Å². The number of nitrogens with two attached hydrogens (primary N) is 1. The van der Waals surface area contributed by atoms with Gasteiger partial charge in [-0.3, -0.25) is 0 Å². The van der Waals surface area contributed by atoms with E-state index in [-0.39, 0.29) is 5.56 Å². The van der Waals surface area contributed by atoms with Gasteiger partial charge in [0, 0.05) is 6.42 Å². The molecule has 0 aliphatic heterocycles. The van der Waals surface area contributed by atoms with Crippen molar-refractivity contribution in [1.29, 1.82) is 0 Å². The molecule has 1 aromatic carbocycles. The summed E-state index contributed by atoms with van der Waals surface area (Å²) in [7, 11) is 0. The first-order valence-electron chi connectivity index (χ1n) is 5.21. The zero-order chi connectivity index (χ0) is 15.6. The van der Waals surface area contributed by atoms with E-state index in [1.165, 1.54) is 30.3 Å². The lowest BCUT2D eigenvalue weighted by atomic mass is 9.92. The van der Waals surface area contributed by atoms with Crippen LogP contribution in [0.15, 0.2) is 35.4 Å². The van der Waals surface area contributed by atoms with E-state index in [1.807, 2.05) is 0 Å². The molecule has 1 aromatic rings. The van der Waals surface area contributed by atoms with Crippen LogP contribution in [-0.4, -0.2) is 28.8 Å². The lowest BCUT2D eigenvalue weighted by Gasteiger charge is -2.32. The molecule has 0 aromatic heterocycles. The Bertz CT molecular complexity index is 466. The summed E-state index contributed by atoms with van der Waals surface area (Å²) in [5.41, 5.74) is -5.65. The van der Waals surface area contributed by atoms with Crippen LogP contribution in [0.1, 0.15) is 12.0 Å². The monoisotopic (exact) mass is 300 g/mol. The SMILES string of the molecule is N/N=C(\CC(O)(C(F)(F)F)C(F)(F)F)c1ccccc1. The van der Waals surface area contributed by atoms with E-state index in [2.05, 4.69) is 5.10 Å². The summed E-state index contributed by atoms with van der Waals surface area (Å²) in [6.07, 6.45) is -13.6. The van der Waals surface area contributed by atoms with Crippen molar-refractivity contribution in [2.45, 2.75) is 24.4 Å². The van der Waals surface area contributed by atoms with Crippen LogP contribution in [-0.2, 0) is 0 Å².